The van der Waals surface area contributed by atoms with E-state index in [4.69, 9.17) is 9.47 Å². The number of ether oxygens (including phenoxy) is 2. The quantitative estimate of drug-likeness (QED) is 0.883. The molecule has 0 bridgehead atoms. The average molecular weight is 261 g/mol. The van der Waals surface area contributed by atoms with Crippen LogP contribution in [0.1, 0.15) is 30.0 Å². The summed E-state index contributed by atoms with van der Waals surface area (Å²) in [6.07, 6.45) is 2.89. The first-order valence-corrected chi connectivity index (χ1v) is 7.32. The molecule has 3 heteroatoms. The average Bonchev–Trinajstić information content (AvgIpc) is 3.27. The highest BCUT2D eigenvalue weighted by molar-refractivity contribution is 5.25. The van der Waals surface area contributed by atoms with Crippen molar-refractivity contribution in [2.75, 3.05) is 26.4 Å². The molecule has 1 saturated carbocycles. The van der Waals surface area contributed by atoms with E-state index in [0.717, 1.165) is 32.3 Å². The minimum Gasteiger partial charge on any atom is -0.376 e. The summed E-state index contributed by atoms with van der Waals surface area (Å²) in [6, 6.07) is 9.39. The van der Waals surface area contributed by atoms with Gasteiger partial charge in [0.2, 0.25) is 0 Å². The molecule has 1 heterocycles. The van der Waals surface area contributed by atoms with Gasteiger partial charge in [0.1, 0.15) is 0 Å². The number of benzene rings is 1. The monoisotopic (exact) mass is 261 g/mol. The van der Waals surface area contributed by atoms with Crippen LogP contribution in [0, 0.1) is 12.8 Å². The predicted octanol–water partition coefficient (Wildman–Crippen LogP) is 2.45. The van der Waals surface area contributed by atoms with Crippen molar-refractivity contribution in [3.8, 4) is 0 Å². The van der Waals surface area contributed by atoms with Crippen LogP contribution in [-0.4, -0.2) is 32.5 Å². The molecular weight excluding hydrogens is 238 g/mol. The van der Waals surface area contributed by atoms with E-state index in [1.807, 2.05) is 0 Å². The van der Waals surface area contributed by atoms with Crippen molar-refractivity contribution in [3.63, 3.8) is 0 Å². The van der Waals surface area contributed by atoms with Gasteiger partial charge in [-0.25, -0.2) is 0 Å². The Hall–Kier alpha value is -0.900. The van der Waals surface area contributed by atoms with Gasteiger partial charge in [-0.05, 0) is 31.2 Å². The maximum atomic E-state index is 5.70. The molecule has 0 radical (unpaired) electrons. The summed E-state index contributed by atoms with van der Waals surface area (Å²) in [4.78, 5) is 0. The van der Waals surface area contributed by atoms with Gasteiger partial charge >= 0.3 is 0 Å². The third kappa shape index (κ3) is 3.56. The van der Waals surface area contributed by atoms with E-state index in [9.17, 15) is 0 Å². The van der Waals surface area contributed by atoms with Crippen molar-refractivity contribution in [1.82, 2.24) is 5.32 Å². The fourth-order valence-electron chi connectivity index (χ4n) is 2.67. The van der Waals surface area contributed by atoms with Crippen LogP contribution in [0.4, 0.5) is 0 Å². The Morgan fingerprint density at radius 2 is 2.00 bits per heavy atom. The second-order valence-electron chi connectivity index (χ2n) is 5.70. The van der Waals surface area contributed by atoms with E-state index in [0.29, 0.717) is 6.04 Å². The lowest BCUT2D eigenvalue weighted by atomic mass is 10.0. The van der Waals surface area contributed by atoms with Crippen LogP contribution in [0.2, 0.25) is 0 Å². The predicted molar refractivity (Wildman–Crippen MR) is 75.2 cm³/mol. The summed E-state index contributed by atoms with van der Waals surface area (Å²) in [5, 5.41) is 3.68. The van der Waals surface area contributed by atoms with Gasteiger partial charge in [0.25, 0.3) is 0 Å². The standard InChI is InChI=1S/C16H23NO2/c1-12-2-4-13(5-3-12)16(14-6-7-14)17-10-15-11-18-8-9-19-15/h2-5,14-17H,6-11H2,1H3. The maximum Gasteiger partial charge on any atom is 0.0933 e. The SMILES string of the molecule is Cc1ccc(C(NCC2COCCO2)C2CC2)cc1. The van der Waals surface area contributed by atoms with Crippen molar-refractivity contribution in [3.05, 3.63) is 35.4 Å². The molecule has 0 amide bonds. The molecule has 0 aromatic heterocycles. The van der Waals surface area contributed by atoms with E-state index in [1.165, 1.54) is 24.0 Å². The Bertz CT molecular complexity index is 394. The summed E-state index contributed by atoms with van der Waals surface area (Å²) in [7, 11) is 0. The normalized spacial score (nSPS) is 25.2. The Morgan fingerprint density at radius 3 is 2.63 bits per heavy atom. The molecule has 2 aliphatic rings. The minimum atomic E-state index is 0.209. The molecule has 1 N–H and O–H groups in total. The zero-order valence-corrected chi connectivity index (χ0v) is 11.6. The first-order chi connectivity index (χ1) is 9.33. The van der Waals surface area contributed by atoms with E-state index in [1.54, 1.807) is 0 Å². The van der Waals surface area contributed by atoms with Gasteiger partial charge in [0.05, 0.1) is 25.9 Å². The van der Waals surface area contributed by atoms with Crippen LogP contribution in [0.3, 0.4) is 0 Å². The van der Waals surface area contributed by atoms with Crippen LogP contribution in [0.25, 0.3) is 0 Å². The number of aryl methyl sites for hydroxylation is 1. The second kappa shape index (κ2) is 6.04. The fraction of sp³-hybridized carbons (Fsp3) is 0.625. The van der Waals surface area contributed by atoms with E-state index >= 15 is 0 Å². The molecule has 3 nitrogen and oxygen atoms in total. The van der Waals surface area contributed by atoms with Gasteiger partial charge in [-0.3, -0.25) is 0 Å². The molecule has 2 unspecified atom stereocenters. The van der Waals surface area contributed by atoms with Gasteiger partial charge < -0.3 is 14.8 Å². The lowest BCUT2D eigenvalue weighted by molar-refractivity contribution is -0.0872. The van der Waals surface area contributed by atoms with Crippen molar-refractivity contribution in [2.45, 2.75) is 31.9 Å². The van der Waals surface area contributed by atoms with Gasteiger partial charge in [-0.15, -0.1) is 0 Å². The Morgan fingerprint density at radius 1 is 1.21 bits per heavy atom. The Balaban J connectivity index is 1.59. The highest BCUT2D eigenvalue weighted by atomic mass is 16.6. The third-order valence-corrected chi connectivity index (χ3v) is 3.98. The molecule has 3 rings (SSSR count). The molecule has 19 heavy (non-hydrogen) atoms. The summed E-state index contributed by atoms with van der Waals surface area (Å²) in [5.41, 5.74) is 2.73. The van der Waals surface area contributed by atoms with Crippen LogP contribution in [0.15, 0.2) is 24.3 Å². The summed E-state index contributed by atoms with van der Waals surface area (Å²) < 4.78 is 11.1. The third-order valence-electron chi connectivity index (χ3n) is 3.98. The first kappa shape index (κ1) is 13.1. The molecule has 2 atom stereocenters. The van der Waals surface area contributed by atoms with Crippen LogP contribution >= 0.6 is 0 Å². The van der Waals surface area contributed by atoms with E-state index in [2.05, 4.69) is 36.5 Å². The number of nitrogens with one attached hydrogen (secondary N) is 1. The molecule has 0 spiro atoms. The zero-order valence-electron chi connectivity index (χ0n) is 11.6. The molecule has 104 valence electrons. The highest BCUT2D eigenvalue weighted by Gasteiger charge is 2.32. The van der Waals surface area contributed by atoms with Gasteiger partial charge in [-0.2, -0.15) is 0 Å². The lowest BCUT2D eigenvalue weighted by Gasteiger charge is -2.26. The molecular formula is C16H23NO2. The second-order valence-corrected chi connectivity index (χ2v) is 5.70. The van der Waals surface area contributed by atoms with Crippen molar-refractivity contribution < 1.29 is 9.47 Å². The molecule has 1 saturated heterocycles. The Kier molecular flexibility index (Phi) is 4.16. The van der Waals surface area contributed by atoms with Crippen LogP contribution in [0.5, 0.6) is 0 Å². The largest absolute Gasteiger partial charge is 0.376 e. The van der Waals surface area contributed by atoms with E-state index < -0.39 is 0 Å². The summed E-state index contributed by atoms with van der Waals surface area (Å²) >= 11 is 0. The maximum absolute atomic E-state index is 5.70. The first-order valence-electron chi connectivity index (χ1n) is 7.32. The van der Waals surface area contributed by atoms with Gasteiger partial charge in [0.15, 0.2) is 0 Å². The molecule has 1 aliphatic carbocycles. The van der Waals surface area contributed by atoms with Gasteiger partial charge in [0, 0.05) is 12.6 Å². The number of hydrogen-bond donors (Lipinski definition) is 1. The highest BCUT2D eigenvalue weighted by Crippen LogP contribution is 2.41. The van der Waals surface area contributed by atoms with E-state index in [-0.39, 0.29) is 6.10 Å². The zero-order chi connectivity index (χ0) is 13.1. The van der Waals surface area contributed by atoms with Crippen molar-refractivity contribution in [1.29, 1.82) is 0 Å². The lowest BCUT2D eigenvalue weighted by Crippen LogP contribution is -2.39. The molecule has 1 aliphatic heterocycles. The van der Waals surface area contributed by atoms with Gasteiger partial charge in [-0.1, -0.05) is 29.8 Å². The van der Waals surface area contributed by atoms with Crippen LogP contribution in [-0.2, 0) is 9.47 Å². The van der Waals surface area contributed by atoms with Crippen molar-refractivity contribution in [2.24, 2.45) is 5.92 Å². The molecule has 2 fully saturated rings. The molecule has 1 aromatic carbocycles. The molecule has 1 aromatic rings. The summed E-state index contributed by atoms with van der Waals surface area (Å²) in [5.74, 6) is 0.798. The van der Waals surface area contributed by atoms with Crippen molar-refractivity contribution >= 4 is 0 Å². The number of hydrogen-bond acceptors (Lipinski definition) is 3. The summed E-state index contributed by atoms with van der Waals surface area (Å²) in [6.45, 7) is 5.20. The Labute approximate surface area is 115 Å². The van der Waals surface area contributed by atoms with Crippen LogP contribution < -0.4 is 5.32 Å². The number of rotatable bonds is 5. The smallest absolute Gasteiger partial charge is 0.0933 e. The fourth-order valence-corrected chi connectivity index (χ4v) is 2.67. The topological polar surface area (TPSA) is 30.5 Å². The minimum absolute atomic E-state index is 0.209.